The van der Waals surface area contributed by atoms with Crippen LogP contribution in [0.3, 0.4) is 0 Å². The van der Waals surface area contributed by atoms with Gasteiger partial charge in [-0.2, -0.15) is 5.26 Å². The van der Waals surface area contributed by atoms with E-state index in [-0.39, 0.29) is 5.92 Å². The quantitative estimate of drug-likeness (QED) is 0.297. The number of halogens is 1. The summed E-state index contributed by atoms with van der Waals surface area (Å²) in [6.45, 7) is 7.06. The number of nitrogens with one attached hydrogen (secondary N) is 1. The highest BCUT2D eigenvalue weighted by Gasteiger charge is 2.17. The largest absolute Gasteiger partial charge is 0.494 e. The molecule has 0 aliphatic rings. The lowest BCUT2D eigenvalue weighted by molar-refractivity contribution is 0.301. The molecule has 0 atom stereocenters. The Morgan fingerprint density at radius 3 is 2.62 bits per heavy atom. The van der Waals surface area contributed by atoms with Gasteiger partial charge in [0.1, 0.15) is 24.2 Å². The number of ether oxygens (including phenoxy) is 2. The van der Waals surface area contributed by atoms with Crippen LogP contribution in [-0.2, 0) is 6.61 Å². The molecule has 0 spiro atoms. The van der Waals surface area contributed by atoms with Gasteiger partial charge in [0, 0.05) is 29.5 Å². The SMILES string of the molecule is CCOc1cc(C(C)C)c2c(Nc3ccc(OCc4ccccn4)c(Cl)c3)c(C#N)cnc2c1. The Bertz CT molecular complexity index is 1350. The maximum absolute atomic E-state index is 9.79. The molecule has 0 saturated carbocycles. The molecule has 0 aliphatic heterocycles. The Balaban J connectivity index is 1.69. The molecule has 6 nitrogen and oxygen atoms in total. The number of hydrogen-bond acceptors (Lipinski definition) is 6. The molecular formula is C27H25ClN4O2. The Morgan fingerprint density at radius 2 is 1.94 bits per heavy atom. The third-order valence-electron chi connectivity index (χ3n) is 5.33. The maximum Gasteiger partial charge on any atom is 0.138 e. The molecule has 0 unspecified atom stereocenters. The van der Waals surface area contributed by atoms with Crippen molar-refractivity contribution in [1.29, 1.82) is 5.26 Å². The molecule has 7 heteroatoms. The predicted molar refractivity (Wildman–Crippen MR) is 135 cm³/mol. The molecule has 0 radical (unpaired) electrons. The first-order valence-corrected chi connectivity index (χ1v) is 11.5. The molecule has 0 aliphatic carbocycles. The fraction of sp³-hybridized carbons (Fsp3) is 0.222. The average Bonchev–Trinajstić information content (AvgIpc) is 2.84. The first kappa shape index (κ1) is 23.3. The molecule has 0 saturated heterocycles. The number of pyridine rings is 2. The second kappa shape index (κ2) is 10.4. The van der Waals surface area contributed by atoms with Crippen molar-refractivity contribution in [2.45, 2.75) is 33.3 Å². The van der Waals surface area contributed by atoms with E-state index in [1.165, 1.54) is 0 Å². The lowest BCUT2D eigenvalue weighted by atomic mass is 9.95. The number of aromatic nitrogens is 2. The van der Waals surface area contributed by atoms with E-state index < -0.39 is 0 Å². The van der Waals surface area contributed by atoms with Crippen LogP contribution in [0.2, 0.25) is 5.02 Å². The fourth-order valence-electron chi connectivity index (χ4n) is 3.72. The summed E-state index contributed by atoms with van der Waals surface area (Å²) in [5.41, 5.74) is 4.51. The monoisotopic (exact) mass is 472 g/mol. The second-order valence-electron chi connectivity index (χ2n) is 8.03. The van der Waals surface area contributed by atoms with Crippen LogP contribution in [0.4, 0.5) is 11.4 Å². The number of nitriles is 1. The summed E-state index contributed by atoms with van der Waals surface area (Å²) in [6, 6.07) is 17.3. The van der Waals surface area contributed by atoms with Crippen molar-refractivity contribution >= 4 is 33.9 Å². The Hall–Kier alpha value is -3.82. The summed E-state index contributed by atoms with van der Waals surface area (Å²) >= 11 is 6.51. The Morgan fingerprint density at radius 1 is 1.09 bits per heavy atom. The first-order valence-electron chi connectivity index (χ1n) is 11.1. The first-order chi connectivity index (χ1) is 16.5. The molecule has 4 rings (SSSR count). The van der Waals surface area contributed by atoms with E-state index in [1.54, 1.807) is 24.5 Å². The van der Waals surface area contributed by atoms with Gasteiger partial charge in [-0.3, -0.25) is 9.97 Å². The van der Waals surface area contributed by atoms with Crippen LogP contribution in [0.5, 0.6) is 11.5 Å². The third kappa shape index (κ3) is 5.05. The summed E-state index contributed by atoms with van der Waals surface area (Å²) in [5.74, 6) is 1.52. The normalized spacial score (nSPS) is 10.8. The smallest absolute Gasteiger partial charge is 0.138 e. The predicted octanol–water partition coefficient (Wildman–Crippen LogP) is 7.00. The molecule has 0 fully saturated rings. The molecule has 2 heterocycles. The Kier molecular flexibility index (Phi) is 7.15. The van der Waals surface area contributed by atoms with Gasteiger partial charge in [0.2, 0.25) is 0 Å². The van der Waals surface area contributed by atoms with Gasteiger partial charge in [-0.15, -0.1) is 0 Å². The number of hydrogen-bond donors (Lipinski definition) is 1. The molecule has 34 heavy (non-hydrogen) atoms. The molecular weight excluding hydrogens is 448 g/mol. The number of anilines is 2. The van der Waals surface area contributed by atoms with Gasteiger partial charge in [0.05, 0.1) is 34.1 Å². The van der Waals surface area contributed by atoms with Gasteiger partial charge < -0.3 is 14.8 Å². The van der Waals surface area contributed by atoms with Crippen molar-refractivity contribution in [2.75, 3.05) is 11.9 Å². The summed E-state index contributed by atoms with van der Waals surface area (Å²) in [5, 5.41) is 14.5. The van der Waals surface area contributed by atoms with Crippen molar-refractivity contribution in [2.24, 2.45) is 0 Å². The number of nitrogens with zero attached hydrogens (tertiary/aromatic N) is 3. The van der Waals surface area contributed by atoms with Crippen molar-refractivity contribution in [3.63, 3.8) is 0 Å². The average molecular weight is 473 g/mol. The zero-order chi connectivity index (χ0) is 24.1. The minimum atomic E-state index is 0.199. The third-order valence-corrected chi connectivity index (χ3v) is 5.63. The highest BCUT2D eigenvalue weighted by molar-refractivity contribution is 6.32. The lowest BCUT2D eigenvalue weighted by Gasteiger charge is -2.18. The summed E-state index contributed by atoms with van der Waals surface area (Å²) < 4.78 is 11.6. The van der Waals surface area contributed by atoms with Gasteiger partial charge in [-0.05, 0) is 54.8 Å². The van der Waals surface area contributed by atoms with E-state index in [0.717, 1.165) is 33.6 Å². The lowest BCUT2D eigenvalue weighted by Crippen LogP contribution is -2.02. The minimum absolute atomic E-state index is 0.199. The second-order valence-corrected chi connectivity index (χ2v) is 8.44. The van der Waals surface area contributed by atoms with E-state index in [9.17, 15) is 5.26 Å². The van der Waals surface area contributed by atoms with E-state index >= 15 is 0 Å². The molecule has 172 valence electrons. The highest BCUT2D eigenvalue weighted by atomic mass is 35.5. The number of rotatable bonds is 8. The zero-order valence-electron chi connectivity index (χ0n) is 19.3. The molecule has 2 aromatic carbocycles. The van der Waals surface area contributed by atoms with Gasteiger partial charge in [-0.1, -0.05) is 31.5 Å². The van der Waals surface area contributed by atoms with E-state index in [1.807, 2.05) is 43.3 Å². The zero-order valence-corrected chi connectivity index (χ0v) is 20.1. The number of benzene rings is 2. The standard InChI is InChI=1S/C27H25ClN4O2/c1-4-33-21-12-22(17(2)3)26-24(13-21)31-15-18(14-29)27(26)32-19-8-9-25(23(28)11-19)34-16-20-7-5-6-10-30-20/h5-13,15,17H,4,16H2,1-3H3,(H,31,32). The van der Waals surface area contributed by atoms with E-state index in [0.29, 0.717) is 35.2 Å². The minimum Gasteiger partial charge on any atom is -0.494 e. The molecule has 2 aromatic heterocycles. The van der Waals surface area contributed by atoms with Crippen LogP contribution in [0.1, 0.15) is 43.5 Å². The van der Waals surface area contributed by atoms with Crippen LogP contribution < -0.4 is 14.8 Å². The van der Waals surface area contributed by atoms with Crippen LogP contribution in [0.15, 0.2) is 60.9 Å². The highest BCUT2D eigenvalue weighted by Crippen LogP contribution is 2.38. The summed E-state index contributed by atoms with van der Waals surface area (Å²) in [6.07, 6.45) is 3.30. The molecule has 1 N–H and O–H groups in total. The summed E-state index contributed by atoms with van der Waals surface area (Å²) in [4.78, 5) is 8.79. The van der Waals surface area contributed by atoms with Crippen molar-refractivity contribution in [3.8, 4) is 17.6 Å². The van der Waals surface area contributed by atoms with Gasteiger partial charge in [-0.25, -0.2) is 0 Å². The van der Waals surface area contributed by atoms with E-state index in [2.05, 4.69) is 35.2 Å². The van der Waals surface area contributed by atoms with Crippen molar-refractivity contribution in [3.05, 3.63) is 82.8 Å². The fourth-order valence-corrected chi connectivity index (χ4v) is 3.96. The topological polar surface area (TPSA) is 80.1 Å². The van der Waals surface area contributed by atoms with E-state index in [4.69, 9.17) is 21.1 Å². The van der Waals surface area contributed by atoms with Gasteiger partial charge in [0.25, 0.3) is 0 Å². The van der Waals surface area contributed by atoms with Gasteiger partial charge in [0.15, 0.2) is 0 Å². The van der Waals surface area contributed by atoms with Crippen LogP contribution in [-0.4, -0.2) is 16.6 Å². The van der Waals surface area contributed by atoms with Crippen molar-refractivity contribution in [1.82, 2.24) is 9.97 Å². The van der Waals surface area contributed by atoms with Crippen LogP contribution >= 0.6 is 11.6 Å². The molecule has 4 aromatic rings. The Labute approximate surface area is 204 Å². The van der Waals surface area contributed by atoms with Crippen LogP contribution in [0, 0.1) is 11.3 Å². The maximum atomic E-state index is 9.79. The van der Waals surface area contributed by atoms with Gasteiger partial charge >= 0.3 is 0 Å². The van der Waals surface area contributed by atoms with Crippen LogP contribution in [0.25, 0.3) is 10.9 Å². The molecule has 0 amide bonds. The summed E-state index contributed by atoms with van der Waals surface area (Å²) in [7, 11) is 0. The van der Waals surface area contributed by atoms with Crippen molar-refractivity contribution < 1.29 is 9.47 Å². The molecule has 0 bridgehead atoms. The number of fused-ring (bicyclic) bond motifs is 1.